The van der Waals surface area contributed by atoms with E-state index in [1.165, 1.54) is 0 Å². The first-order valence-corrected chi connectivity index (χ1v) is 47.1. The molecule has 16 atom stereocenters. The van der Waals surface area contributed by atoms with Gasteiger partial charge < -0.3 is 28.9 Å². The van der Waals surface area contributed by atoms with E-state index in [9.17, 15) is 0 Å². The van der Waals surface area contributed by atoms with Crippen molar-refractivity contribution in [1.82, 2.24) is 39.9 Å². The Morgan fingerprint density at radius 1 is 0.243 bits per heavy atom. The van der Waals surface area contributed by atoms with E-state index in [1.54, 1.807) is 115 Å². The number of nitrogens with one attached hydrogen (secondary N) is 2. The molecule has 0 aliphatic carbocycles. The zero-order valence-corrected chi connectivity index (χ0v) is 77.2. The van der Waals surface area contributed by atoms with E-state index in [4.69, 9.17) is 235 Å². The minimum atomic E-state index is -0.670. The molecule has 13 heterocycles. The van der Waals surface area contributed by atoms with Crippen LogP contribution in [0.5, 0.6) is 46.0 Å². The average molecular weight is 1690 g/mol. The summed E-state index contributed by atoms with van der Waals surface area (Å²) in [6.45, 7) is -2.83. The Hall–Kier alpha value is -6.56. The smallest absolute Gasteiger partial charge is 0.168 e. The van der Waals surface area contributed by atoms with E-state index in [0.717, 1.165) is 44.5 Å². The number of aromatic amines is 2. The van der Waals surface area contributed by atoms with E-state index in [-0.39, 0.29) is 133 Å². The highest BCUT2D eigenvalue weighted by molar-refractivity contribution is 7.34. The third-order valence-corrected chi connectivity index (χ3v) is 33.2. The van der Waals surface area contributed by atoms with Gasteiger partial charge in [-0.3, -0.25) is 0 Å². The molecule has 8 bridgehead atoms. The van der Waals surface area contributed by atoms with Crippen molar-refractivity contribution < 1.29 is 18.9 Å². The van der Waals surface area contributed by atoms with Crippen molar-refractivity contribution >= 4 is 397 Å². The highest BCUT2D eigenvalue weighted by atomic mass is 16.5. The van der Waals surface area contributed by atoms with Gasteiger partial charge in [-0.15, -0.1) is 87.4 Å². The maximum absolute atomic E-state index is 7.40. The van der Waals surface area contributed by atoms with E-state index in [1.807, 2.05) is 121 Å². The quantitative estimate of drug-likeness (QED) is 0.0524. The predicted molar refractivity (Wildman–Crippen MR) is 619 cm³/mol. The Balaban J connectivity index is 0.797. The lowest BCUT2D eigenvalue weighted by Crippen LogP contribution is -2.17. The Labute approximate surface area is 869 Å². The lowest BCUT2D eigenvalue weighted by Gasteiger charge is -2.22. The molecule has 578 valence electrons. The van der Waals surface area contributed by atoms with Crippen molar-refractivity contribution in [2.24, 2.45) is 0 Å². The first kappa shape index (κ1) is 99.4. The molecule has 11 aromatic rings. The van der Waals surface area contributed by atoms with Crippen LogP contribution in [0.3, 0.4) is 0 Å². The molecule has 2 N–H and O–H groups in total. The highest BCUT2D eigenvalue weighted by Crippen LogP contribution is 2.69. The summed E-state index contributed by atoms with van der Waals surface area (Å²) in [5.74, 6) is 3.87. The molecule has 16 unspecified atom stereocenters. The Morgan fingerprint density at radius 3 is 0.650 bits per heavy atom. The summed E-state index contributed by atoms with van der Waals surface area (Å²) in [6, 6.07) is 46.7. The van der Waals surface area contributed by atoms with Crippen LogP contribution in [-0.4, -0.2) is 393 Å². The first-order chi connectivity index (χ1) is 67.6. The summed E-state index contributed by atoms with van der Waals surface area (Å²) in [7, 11) is 183. The van der Waals surface area contributed by atoms with Gasteiger partial charge in [0.25, 0.3) is 0 Å². The van der Waals surface area contributed by atoms with Crippen LogP contribution < -0.4 is 18.9 Å². The summed E-state index contributed by atoms with van der Waals surface area (Å²) >= 11 is 0. The Kier molecular flexibility index (Phi) is 27.0. The van der Waals surface area contributed by atoms with Gasteiger partial charge in [0.15, 0.2) is 23.3 Å². The van der Waals surface area contributed by atoms with Gasteiger partial charge in [0.05, 0.1) is 132 Å². The molecule has 64 radical (unpaired) electrons. The third-order valence-electron chi connectivity index (χ3n) is 33.2. The zero-order chi connectivity index (χ0) is 98.1. The second-order valence-electron chi connectivity index (χ2n) is 40.3. The lowest BCUT2D eigenvalue weighted by atomic mass is 8.78. The van der Waals surface area contributed by atoms with Crippen LogP contribution in [-0.2, 0) is 51.4 Å². The molecule has 3 aromatic heterocycles. The SMILES string of the molecule is [B][10B]C1[10B]([B])C1([10B][B])Cc1cc(CC2([10B][B])[10B]([B])C2[10B][B])cc(Oc2cccc3c2-c2nc-3nc3[nH]c(nc4nc(nc5[nH]c(n2)c2c(Oc6cc(CC7([10B][B])[10B]([B])C7[10B][B])cc(CC7([10B][B])[10B]([B])C7[10B][B])c6)cccc52)-c2cccc(Oc5cc(CC6([10B][B])[10B]([B])C6[10B][B])cc(CC6([10B][B])[10B]([B])C6[10B][B])c5)c2-4)c2c(Oc4cc(CC5([10B][B])[10B]([B])C5[10B][B])cc(CC5([10B][B])[10B]([B])C5[10B][B])c4)cccc32)c1. The zero-order valence-electron chi connectivity index (χ0n) is 77.2. The number of hydrogen-bond donors (Lipinski definition) is 2. The van der Waals surface area contributed by atoms with Gasteiger partial charge in [-0.2, -0.15) is 0 Å². The van der Waals surface area contributed by atoms with Crippen LogP contribution in [0.1, 0.15) is 44.5 Å². The van der Waals surface area contributed by atoms with Gasteiger partial charge in [0, 0.05) is 265 Å². The summed E-state index contributed by atoms with van der Waals surface area (Å²) in [5.41, 5.74) is 8.16. The fourth-order valence-electron chi connectivity index (χ4n) is 24.2. The number of benzene rings is 8. The fraction of sp³-hybridized carbons (Fsp3) is 0.300. The van der Waals surface area contributed by atoms with Gasteiger partial charge in [-0.05, 0) is 169 Å². The topological polar surface area (TPSA) is 146 Å². The number of H-pyrrole nitrogens is 2. The van der Waals surface area contributed by atoms with Gasteiger partial charge in [-0.1, -0.05) is 72.8 Å². The maximum Gasteiger partial charge on any atom is 0.168 e. The van der Waals surface area contributed by atoms with E-state index in [2.05, 4.69) is 34.2 Å². The van der Waals surface area contributed by atoms with Crippen LogP contribution in [0.15, 0.2) is 146 Å². The van der Waals surface area contributed by atoms with Crippen LogP contribution in [0.4, 0.5) is 0 Å². The minimum Gasteiger partial charge on any atom is -0.457 e. The number of hydrogen-bond acceptors (Lipinski definition) is 10. The summed E-state index contributed by atoms with van der Waals surface area (Å²) in [5, 5.41) is -3.33. The second-order valence-corrected chi connectivity index (χ2v) is 40.3. The molecule has 0 spiro atoms. The highest BCUT2D eigenvalue weighted by Gasteiger charge is 2.65. The second kappa shape index (κ2) is 38.0. The number of fused-ring (bicyclic) bond motifs is 20. The van der Waals surface area contributed by atoms with Crippen LogP contribution >= 0.6 is 0 Å². The van der Waals surface area contributed by atoms with Gasteiger partial charge in [0.2, 0.25) is 0 Å². The molecule has 8 saturated heterocycles. The number of nitrogens with zero attached hydrogens (tertiary/aromatic N) is 6. The molecular formula is C80H50B48N8O4. The van der Waals surface area contributed by atoms with Gasteiger partial charge in [-0.25, -0.2) is 29.9 Å². The van der Waals surface area contributed by atoms with E-state index in [0.29, 0.717) is 152 Å². The van der Waals surface area contributed by atoms with Crippen LogP contribution in [0.2, 0.25) is 87.4 Å². The van der Waals surface area contributed by atoms with E-state index >= 15 is 0 Å². The number of aromatic nitrogens is 8. The normalized spacial score (nSPS) is 27.3. The third kappa shape index (κ3) is 16.4. The van der Waals surface area contributed by atoms with Crippen LogP contribution in [0.25, 0.3) is 89.7 Å². The molecule has 60 heteroatoms. The largest absolute Gasteiger partial charge is 0.457 e. The maximum atomic E-state index is 7.40. The Bertz CT molecular complexity index is 6320. The van der Waals surface area contributed by atoms with Crippen molar-refractivity contribution in [3.8, 4) is 91.5 Å². The average Bonchev–Trinajstić information content (AvgIpc) is 1.56. The monoisotopic (exact) mass is 1690 g/mol. The molecule has 8 aromatic carbocycles. The minimum absolute atomic E-state index is 0.159. The molecule has 140 heavy (non-hydrogen) atoms. The van der Waals surface area contributed by atoms with Crippen LogP contribution in [0, 0.1) is 0 Å². The van der Waals surface area contributed by atoms with Crippen molar-refractivity contribution in [1.29, 1.82) is 0 Å². The molecule has 0 saturated carbocycles. The summed E-state index contributed by atoms with van der Waals surface area (Å²) < 4.78 is 29.6. The van der Waals surface area contributed by atoms with Crippen molar-refractivity contribution in [3.05, 3.63) is 190 Å². The molecular weight excluding hydrogens is 1640 g/mol. The van der Waals surface area contributed by atoms with Gasteiger partial charge in [0.1, 0.15) is 68.6 Å². The lowest BCUT2D eigenvalue weighted by molar-refractivity contribution is 0.482. The standard InChI is InChI=1S/C80H50B48N8O4/c81-105-65-73(113-89,121(65)97)25-33-13-34(26-74(114-90)66(106-82)122(74)98)18-41(17-33)137-49-9-1-5-45-53(49)61-131-57(45)129-58-46-6-2-10-50(138-42-19-35(27-75(115-91)67(107-83)123(75)99)14-36(20-42)28-76(116-92)68(108-84)124(76)100)54(46)63(132-58)136-64-56-48(8-4-12-52(56)140-44-23-39(31-79(119-95)71(111-87)127(79)103)16-40(24-44)32-80(120-96)72(112-88)128(80)104)60(134-64)130-59-47-7-3-11-51(55(47)62(133-59)135-61)139-43-21-37(29-77(117-93)69(109-85)125(77)101)15-38(22-43)30-78(118-94)70(110-86)126(78)102/h1-24,65-72H,25-32H2,(H2,129,130,131,132,133,134,135,136)/i105-1,106-1,107-1,108-1,109-1,110-1,111-1,112-1,113-1,114-1,115-1,116-1,117-1,118-1,119-1,120-1,121-1,122-1,123-1,124-1,125-1,126-1,127-1,128-1. The Morgan fingerprint density at radius 2 is 0.443 bits per heavy atom. The molecule has 0 amide bonds. The molecule has 10 aliphatic rings. The molecule has 8 fully saturated rings. The van der Waals surface area contributed by atoms with Gasteiger partial charge >= 0.3 is 0 Å². The first-order valence-electron chi connectivity index (χ1n) is 47.1. The fourth-order valence-corrected chi connectivity index (χ4v) is 24.2. The van der Waals surface area contributed by atoms with E-state index < -0.39 is 41.7 Å². The molecule has 10 aliphatic heterocycles. The molecule has 12 nitrogen and oxygen atoms in total. The summed E-state index contributed by atoms with van der Waals surface area (Å²) in [4.78, 5) is 41.2. The summed E-state index contributed by atoms with van der Waals surface area (Å²) in [6.07, 6.45) is 3.25. The van der Waals surface area contributed by atoms with Crippen molar-refractivity contribution in [2.45, 2.75) is 139 Å². The molecule has 21 rings (SSSR count). The predicted octanol–water partition coefficient (Wildman–Crippen LogP) is 0.575. The number of ether oxygens (including phenoxy) is 4. The van der Waals surface area contributed by atoms with Crippen molar-refractivity contribution in [3.63, 3.8) is 0 Å². The van der Waals surface area contributed by atoms with Crippen molar-refractivity contribution in [2.75, 3.05) is 0 Å². The number of rotatable bonds is 40.